The molecule has 2 N–H and O–H groups in total. The van der Waals surface area contributed by atoms with Crippen molar-refractivity contribution in [1.82, 2.24) is 43.7 Å². The Balaban J connectivity index is 0.694. The van der Waals surface area contributed by atoms with Crippen molar-refractivity contribution in [2.45, 2.75) is 88.8 Å². The molecule has 1 aliphatic carbocycles. The van der Waals surface area contributed by atoms with E-state index in [2.05, 4.69) is 42.5 Å². The lowest BCUT2D eigenvalue weighted by molar-refractivity contribution is -0.135. The zero-order valence-corrected chi connectivity index (χ0v) is 36.4. The number of alkyl halides is 2. The van der Waals surface area contributed by atoms with Crippen LogP contribution in [0, 0.1) is 23.2 Å². The van der Waals surface area contributed by atoms with Crippen LogP contribution >= 0.6 is 0 Å². The third kappa shape index (κ3) is 8.54. The summed E-state index contributed by atoms with van der Waals surface area (Å²) in [5.41, 5.74) is 1.79. The number of aryl methyl sites for hydroxylation is 1. The van der Waals surface area contributed by atoms with E-state index >= 15 is 0 Å². The number of carbonyl (C=O) groups is 3. The van der Waals surface area contributed by atoms with Gasteiger partial charge in [0.15, 0.2) is 11.3 Å². The van der Waals surface area contributed by atoms with E-state index in [1.807, 2.05) is 18.2 Å². The van der Waals surface area contributed by atoms with Crippen LogP contribution in [0.1, 0.15) is 104 Å². The number of ether oxygens (including phenoxy) is 2. The monoisotopic (exact) mass is 893 g/mol. The first kappa shape index (κ1) is 43.0. The van der Waals surface area contributed by atoms with E-state index in [1.165, 1.54) is 19.8 Å². The van der Waals surface area contributed by atoms with Gasteiger partial charge in [-0.25, -0.2) is 23.1 Å². The van der Waals surface area contributed by atoms with E-state index in [1.54, 1.807) is 30.2 Å². The number of carbonyl (C=O) groups excluding carboxylic acids is 3. The molecule has 4 aromatic heterocycles. The summed E-state index contributed by atoms with van der Waals surface area (Å²) in [6.45, 7) is 6.23. The van der Waals surface area contributed by atoms with Gasteiger partial charge in [-0.3, -0.25) is 33.5 Å². The Morgan fingerprint density at radius 1 is 1.08 bits per heavy atom. The van der Waals surface area contributed by atoms with Crippen LogP contribution in [0.25, 0.3) is 16.7 Å². The molecule has 1 saturated carbocycles. The van der Waals surface area contributed by atoms with Crippen molar-refractivity contribution in [3.05, 3.63) is 70.2 Å². The molecule has 19 heteroatoms. The van der Waals surface area contributed by atoms with Gasteiger partial charge in [-0.15, -0.1) is 0 Å². The summed E-state index contributed by atoms with van der Waals surface area (Å²) in [6.07, 6.45) is 9.79. The molecule has 342 valence electrons. The minimum absolute atomic E-state index is 0.00767. The van der Waals surface area contributed by atoms with E-state index in [0.29, 0.717) is 28.2 Å². The SMILES string of the molecule is Cn1c(=O)n(C2CCC(=O)NC2=O)c2cccc(C#CCOC3CCN(C[C@H]4CC[C@H](n5cc(NC(=O)c6cnn7ccc(N8CC9(CCCOC9)C8)nc67)c(C(F)F)n5)CC4)CC3)c21. The molecule has 10 rings (SSSR count). The molecule has 5 aromatic rings. The van der Waals surface area contributed by atoms with Gasteiger partial charge in [-0.05, 0) is 81.9 Å². The number of amides is 3. The molecular weight excluding hydrogens is 841 g/mol. The normalized spacial score (nSPS) is 22.9. The maximum Gasteiger partial charge on any atom is 0.329 e. The van der Waals surface area contributed by atoms with E-state index in [4.69, 9.17) is 14.5 Å². The number of fused-ring (bicyclic) bond motifs is 2. The number of benzene rings is 1. The fourth-order valence-electron chi connectivity index (χ4n) is 10.6. The minimum atomic E-state index is -2.86. The predicted octanol–water partition coefficient (Wildman–Crippen LogP) is 4.63. The number of likely N-dealkylation sites (tertiary alicyclic amines) is 1. The number of anilines is 2. The van der Waals surface area contributed by atoms with Gasteiger partial charge in [0.1, 0.15) is 24.0 Å². The molecule has 0 bridgehead atoms. The molecular formula is C46H53F2N11O6. The van der Waals surface area contributed by atoms with Gasteiger partial charge in [0.2, 0.25) is 11.8 Å². The van der Waals surface area contributed by atoms with Crippen LogP contribution in [0.5, 0.6) is 0 Å². The van der Waals surface area contributed by atoms with Crippen LogP contribution in [0.3, 0.4) is 0 Å². The summed E-state index contributed by atoms with van der Waals surface area (Å²) in [6, 6.07) is 6.50. The number of hydrogen-bond acceptors (Lipinski definition) is 11. The molecule has 5 aliphatic rings. The number of hydrogen-bond donors (Lipinski definition) is 2. The molecule has 1 aromatic carbocycles. The van der Waals surface area contributed by atoms with Crippen LogP contribution in [-0.2, 0) is 26.1 Å². The molecule has 1 spiro atoms. The molecule has 1 unspecified atom stereocenters. The van der Waals surface area contributed by atoms with Crippen molar-refractivity contribution in [2.24, 2.45) is 18.4 Å². The van der Waals surface area contributed by atoms with Crippen molar-refractivity contribution in [3.63, 3.8) is 0 Å². The number of imide groups is 1. The van der Waals surface area contributed by atoms with Crippen LogP contribution in [0.4, 0.5) is 20.3 Å². The van der Waals surface area contributed by atoms with Gasteiger partial charge >= 0.3 is 5.69 Å². The maximum absolute atomic E-state index is 14.3. The molecule has 4 saturated heterocycles. The van der Waals surface area contributed by atoms with E-state index in [9.17, 15) is 28.0 Å². The minimum Gasteiger partial charge on any atom is -0.381 e. The second kappa shape index (κ2) is 17.8. The predicted molar refractivity (Wildman–Crippen MR) is 235 cm³/mol. The van der Waals surface area contributed by atoms with Crippen LogP contribution < -0.4 is 21.2 Å². The number of halogens is 2. The fraction of sp³-hybridized carbons (Fsp3) is 0.543. The van der Waals surface area contributed by atoms with Gasteiger partial charge in [-0.1, -0.05) is 17.9 Å². The number of nitrogens with zero attached hydrogens (tertiary/aromatic N) is 9. The molecule has 8 heterocycles. The Morgan fingerprint density at radius 3 is 2.65 bits per heavy atom. The van der Waals surface area contributed by atoms with Gasteiger partial charge in [-0.2, -0.15) is 10.2 Å². The first-order chi connectivity index (χ1) is 31.5. The van der Waals surface area contributed by atoms with Crippen molar-refractivity contribution in [2.75, 3.05) is 62.8 Å². The van der Waals surface area contributed by atoms with Crippen LogP contribution in [0.2, 0.25) is 0 Å². The molecule has 4 aliphatic heterocycles. The van der Waals surface area contributed by atoms with E-state index < -0.39 is 30.0 Å². The summed E-state index contributed by atoms with van der Waals surface area (Å²) < 4.78 is 46.6. The van der Waals surface area contributed by atoms with E-state index in [0.717, 1.165) is 103 Å². The van der Waals surface area contributed by atoms with Crippen molar-refractivity contribution in [1.29, 1.82) is 0 Å². The topological polar surface area (TPSA) is 175 Å². The Hall–Kier alpha value is -5.97. The maximum atomic E-state index is 14.3. The third-order valence-corrected chi connectivity index (χ3v) is 14.1. The standard InChI is InChI=1S/C46H53F2N11O6/c1-54-40-30(5-2-7-35(40)59(45(54)63)36-12-13-38(60)52-44(36)62)6-3-22-65-32-14-18-55(19-15-32)24-29-8-10-31(11-9-29)58-25-34(39(53-58)41(47)48)50-43(61)33-23-49-57-20-16-37(51-42(33)57)56-26-46(27-56)17-4-21-64-28-46/h2,5,7,16,20,23,25,29,31-32,36,41H,4,8-15,17-19,21-22,24,26-28H2,1H3,(H,50,61)(H,52,60,62)/t29-,31-,36?. The Bertz CT molecular complexity index is 2740. The highest BCUT2D eigenvalue weighted by Crippen LogP contribution is 2.40. The first-order valence-corrected chi connectivity index (χ1v) is 22.7. The smallest absolute Gasteiger partial charge is 0.329 e. The van der Waals surface area contributed by atoms with Gasteiger partial charge < -0.3 is 24.6 Å². The molecule has 3 amide bonds. The van der Waals surface area contributed by atoms with Gasteiger partial charge in [0, 0.05) is 70.6 Å². The number of imidazole rings is 1. The lowest BCUT2D eigenvalue weighted by Gasteiger charge is -2.52. The van der Waals surface area contributed by atoms with E-state index in [-0.39, 0.29) is 59.9 Å². The average molecular weight is 894 g/mol. The summed E-state index contributed by atoms with van der Waals surface area (Å²) in [5, 5.41) is 13.6. The largest absolute Gasteiger partial charge is 0.381 e. The second-order valence-electron chi connectivity index (χ2n) is 18.4. The molecule has 65 heavy (non-hydrogen) atoms. The molecule has 1 atom stereocenters. The summed E-state index contributed by atoms with van der Waals surface area (Å²) >= 11 is 0. The highest BCUT2D eigenvalue weighted by molar-refractivity contribution is 6.08. The second-order valence-corrected chi connectivity index (χ2v) is 18.4. The molecule has 5 fully saturated rings. The number of aromatic nitrogens is 7. The number of rotatable bonds is 10. The van der Waals surface area contributed by atoms with Crippen molar-refractivity contribution in [3.8, 4) is 11.8 Å². The fourth-order valence-corrected chi connectivity index (χ4v) is 10.6. The van der Waals surface area contributed by atoms with Gasteiger partial charge in [0.25, 0.3) is 12.3 Å². The Labute approximate surface area is 373 Å². The lowest BCUT2D eigenvalue weighted by atomic mass is 9.75. The summed E-state index contributed by atoms with van der Waals surface area (Å²) in [7, 11) is 1.66. The van der Waals surface area contributed by atoms with Crippen molar-refractivity contribution >= 4 is 45.9 Å². The highest BCUT2D eigenvalue weighted by atomic mass is 19.3. The number of para-hydroxylation sites is 1. The Kier molecular flexibility index (Phi) is 11.7. The lowest BCUT2D eigenvalue weighted by Crippen LogP contribution is -2.60. The summed E-state index contributed by atoms with van der Waals surface area (Å²) in [4.78, 5) is 60.5. The average Bonchev–Trinajstić information content (AvgIpc) is 3.99. The quantitative estimate of drug-likeness (QED) is 0.148. The van der Waals surface area contributed by atoms with Crippen LogP contribution in [0.15, 0.2) is 47.7 Å². The highest BCUT2D eigenvalue weighted by Gasteiger charge is 2.45. The third-order valence-electron chi connectivity index (χ3n) is 14.1. The Morgan fingerprint density at radius 2 is 1.89 bits per heavy atom. The van der Waals surface area contributed by atoms with Gasteiger partial charge in [0.05, 0.1) is 47.2 Å². The number of nitrogens with one attached hydrogen (secondary N) is 2. The zero-order valence-electron chi connectivity index (χ0n) is 36.4. The van der Waals surface area contributed by atoms with Crippen LogP contribution in [-0.4, -0.2) is 115 Å². The first-order valence-electron chi connectivity index (χ1n) is 22.7. The number of piperidine rings is 2. The molecule has 17 nitrogen and oxygen atoms in total. The summed E-state index contributed by atoms with van der Waals surface area (Å²) in [5.74, 6) is 6.13. The van der Waals surface area contributed by atoms with Crippen molar-refractivity contribution < 1.29 is 32.6 Å². The zero-order chi connectivity index (χ0) is 44.8. The molecule has 0 radical (unpaired) electrons.